The van der Waals surface area contributed by atoms with Gasteiger partial charge < -0.3 is 15.5 Å². The first kappa shape index (κ1) is 21.6. The van der Waals surface area contributed by atoms with E-state index in [1.165, 1.54) is 37.8 Å². The normalized spacial score (nSPS) is 31.6. The SMILES string of the molecule is O[C@H](/C=C/[C@@H]1[C@H]2C/C(=C/CCCCNc3ccccc3)C[C@H]2C[C@H]1O)C1CCCC1. The third-order valence-electron chi connectivity index (χ3n) is 7.69. The van der Waals surface area contributed by atoms with Gasteiger partial charge in [-0.1, -0.05) is 54.8 Å². The lowest BCUT2D eigenvalue weighted by Crippen LogP contribution is -2.19. The summed E-state index contributed by atoms with van der Waals surface area (Å²) in [5.74, 6) is 1.86. The van der Waals surface area contributed by atoms with E-state index in [1.54, 1.807) is 5.57 Å². The molecule has 1 aromatic carbocycles. The maximum absolute atomic E-state index is 10.6. The van der Waals surface area contributed by atoms with Crippen molar-refractivity contribution in [2.75, 3.05) is 11.9 Å². The summed E-state index contributed by atoms with van der Waals surface area (Å²) >= 11 is 0. The van der Waals surface area contributed by atoms with E-state index in [4.69, 9.17) is 0 Å². The zero-order valence-corrected chi connectivity index (χ0v) is 18.3. The molecule has 0 radical (unpaired) electrons. The third kappa shape index (κ3) is 5.56. The van der Waals surface area contributed by atoms with Gasteiger partial charge in [-0.2, -0.15) is 0 Å². The Kier molecular flexibility index (Phi) is 7.67. The van der Waals surface area contributed by atoms with E-state index in [9.17, 15) is 10.2 Å². The van der Waals surface area contributed by atoms with Crippen LogP contribution in [0.3, 0.4) is 0 Å². The quantitative estimate of drug-likeness (QED) is 0.362. The van der Waals surface area contributed by atoms with Gasteiger partial charge in [0.05, 0.1) is 12.2 Å². The molecule has 0 saturated heterocycles. The molecule has 0 aromatic heterocycles. The summed E-state index contributed by atoms with van der Waals surface area (Å²) in [6.45, 7) is 1.03. The zero-order valence-electron chi connectivity index (χ0n) is 18.3. The maximum atomic E-state index is 10.6. The van der Waals surface area contributed by atoms with E-state index in [2.05, 4.69) is 41.7 Å². The molecule has 0 aliphatic heterocycles. The van der Waals surface area contributed by atoms with E-state index in [0.29, 0.717) is 17.8 Å². The molecular weight excluding hydrogens is 370 g/mol. The van der Waals surface area contributed by atoms with Crippen LogP contribution in [0.25, 0.3) is 0 Å². The predicted octanol–water partition coefficient (Wildman–Crippen LogP) is 5.71. The minimum Gasteiger partial charge on any atom is -0.392 e. The Balaban J connectivity index is 1.19. The molecule has 3 fully saturated rings. The summed E-state index contributed by atoms with van der Waals surface area (Å²) in [5.41, 5.74) is 2.80. The Morgan fingerprint density at radius 1 is 1.07 bits per heavy atom. The number of aliphatic hydroxyl groups excluding tert-OH is 2. The molecular formula is C27H39NO2. The molecule has 3 aliphatic rings. The molecule has 3 saturated carbocycles. The molecule has 0 amide bonds. The molecule has 1 aromatic rings. The van der Waals surface area contributed by atoms with Gasteiger partial charge in [0.1, 0.15) is 0 Å². The second kappa shape index (κ2) is 10.6. The smallest absolute Gasteiger partial charge is 0.0749 e. The van der Waals surface area contributed by atoms with Crippen LogP contribution < -0.4 is 5.32 Å². The van der Waals surface area contributed by atoms with E-state index < -0.39 is 0 Å². The molecule has 3 aliphatic carbocycles. The van der Waals surface area contributed by atoms with Crippen LogP contribution in [0.15, 0.2) is 54.1 Å². The number of fused-ring (bicyclic) bond motifs is 1. The molecule has 0 bridgehead atoms. The van der Waals surface area contributed by atoms with Gasteiger partial charge >= 0.3 is 0 Å². The number of allylic oxidation sites excluding steroid dienone is 2. The summed E-state index contributed by atoms with van der Waals surface area (Å²) in [4.78, 5) is 0. The van der Waals surface area contributed by atoms with Gasteiger partial charge in [0.15, 0.2) is 0 Å². The van der Waals surface area contributed by atoms with Gasteiger partial charge in [0.2, 0.25) is 0 Å². The highest BCUT2D eigenvalue weighted by atomic mass is 16.3. The van der Waals surface area contributed by atoms with Crippen molar-refractivity contribution in [2.45, 2.75) is 76.4 Å². The van der Waals surface area contributed by atoms with Crippen LogP contribution in [0, 0.1) is 23.7 Å². The second-order valence-corrected chi connectivity index (χ2v) is 9.78. The highest BCUT2D eigenvalue weighted by Gasteiger charge is 2.45. The van der Waals surface area contributed by atoms with Crippen molar-refractivity contribution in [3.63, 3.8) is 0 Å². The molecule has 3 N–H and O–H groups in total. The van der Waals surface area contributed by atoms with Crippen molar-refractivity contribution in [3.8, 4) is 0 Å². The molecule has 3 heteroatoms. The summed E-state index contributed by atoms with van der Waals surface area (Å²) < 4.78 is 0. The first-order chi connectivity index (χ1) is 14.7. The highest BCUT2D eigenvalue weighted by molar-refractivity contribution is 5.42. The van der Waals surface area contributed by atoms with Crippen LogP contribution in [-0.2, 0) is 0 Å². The fourth-order valence-electron chi connectivity index (χ4n) is 6.00. The number of anilines is 1. The number of para-hydroxylation sites is 1. The number of unbranched alkanes of at least 4 members (excludes halogenated alkanes) is 2. The number of hydrogen-bond acceptors (Lipinski definition) is 3. The van der Waals surface area contributed by atoms with Crippen molar-refractivity contribution in [3.05, 3.63) is 54.1 Å². The monoisotopic (exact) mass is 409 g/mol. The molecule has 3 nitrogen and oxygen atoms in total. The van der Waals surface area contributed by atoms with Gasteiger partial charge in [-0.25, -0.2) is 0 Å². The van der Waals surface area contributed by atoms with Crippen LogP contribution in [0.1, 0.15) is 64.2 Å². The number of aliphatic hydroxyl groups is 2. The highest BCUT2D eigenvalue weighted by Crippen LogP contribution is 2.50. The number of hydrogen-bond donors (Lipinski definition) is 3. The van der Waals surface area contributed by atoms with E-state index >= 15 is 0 Å². The van der Waals surface area contributed by atoms with Gasteiger partial charge in [0.25, 0.3) is 0 Å². The largest absolute Gasteiger partial charge is 0.392 e. The topological polar surface area (TPSA) is 52.5 Å². The fourth-order valence-corrected chi connectivity index (χ4v) is 6.00. The van der Waals surface area contributed by atoms with Crippen molar-refractivity contribution < 1.29 is 10.2 Å². The van der Waals surface area contributed by atoms with Crippen LogP contribution in [0.2, 0.25) is 0 Å². The second-order valence-electron chi connectivity index (χ2n) is 9.78. The molecule has 0 unspecified atom stereocenters. The Hall–Kier alpha value is -1.58. The minimum atomic E-state index is -0.320. The number of rotatable bonds is 9. The Morgan fingerprint density at radius 2 is 1.87 bits per heavy atom. The average Bonchev–Trinajstić information content (AvgIpc) is 3.47. The summed E-state index contributed by atoms with van der Waals surface area (Å²) in [6, 6.07) is 10.4. The summed E-state index contributed by atoms with van der Waals surface area (Å²) in [7, 11) is 0. The number of nitrogens with one attached hydrogen (secondary N) is 1. The van der Waals surface area contributed by atoms with Gasteiger partial charge in [-0.3, -0.25) is 0 Å². The van der Waals surface area contributed by atoms with Gasteiger partial charge in [0, 0.05) is 18.2 Å². The summed E-state index contributed by atoms with van der Waals surface area (Å²) in [6.07, 6.45) is 17.7. The minimum absolute atomic E-state index is 0.224. The first-order valence-electron chi connectivity index (χ1n) is 12.2. The number of benzene rings is 1. The van der Waals surface area contributed by atoms with Gasteiger partial charge in [-0.05, 0) is 81.3 Å². The fraction of sp³-hybridized carbons (Fsp3) is 0.630. The molecule has 0 spiro atoms. The predicted molar refractivity (Wildman–Crippen MR) is 124 cm³/mol. The van der Waals surface area contributed by atoms with Crippen LogP contribution in [0.5, 0.6) is 0 Å². The lowest BCUT2D eigenvalue weighted by Gasteiger charge is -2.19. The van der Waals surface area contributed by atoms with E-state index in [-0.39, 0.29) is 18.1 Å². The molecule has 30 heavy (non-hydrogen) atoms. The molecule has 4 rings (SSSR count). The van der Waals surface area contributed by atoms with Gasteiger partial charge in [-0.15, -0.1) is 0 Å². The zero-order chi connectivity index (χ0) is 20.8. The maximum Gasteiger partial charge on any atom is 0.0749 e. The molecule has 164 valence electrons. The summed E-state index contributed by atoms with van der Waals surface area (Å²) in [5, 5.41) is 24.5. The average molecular weight is 410 g/mol. The first-order valence-corrected chi connectivity index (χ1v) is 12.2. The molecule has 0 heterocycles. The van der Waals surface area contributed by atoms with E-state index in [1.807, 2.05) is 12.1 Å². The van der Waals surface area contributed by atoms with Crippen molar-refractivity contribution in [1.82, 2.24) is 0 Å². The lowest BCUT2D eigenvalue weighted by atomic mass is 9.89. The van der Waals surface area contributed by atoms with Crippen LogP contribution in [-0.4, -0.2) is 29.0 Å². The Bertz CT molecular complexity index is 707. The van der Waals surface area contributed by atoms with Crippen molar-refractivity contribution >= 4 is 5.69 Å². The third-order valence-corrected chi connectivity index (χ3v) is 7.69. The van der Waals surface area contributed by atoms with Crippen molar-refractivity contribution in [1.29, 1.82) is 0 Å². The van der Waals surface area contributed by atoms with Crippen LogP contribution >= 0.6 is 0 Å². The van der Waals surface area contributed by atoms with Crippen molar-refractivity contribution in [2.24, 2.45) is 23.7 Å². The van der Waals surface area contributed by atoms with E-state index in [0.717, 1.165) is 38.6 Å². The standard InChI is InChI=1S/C27H39NO2/c29-26(21-10-6-7-11-21)15-14-24-25-18-20(17-22(25)19-27(24)30)9-3-2-8-16-28-23-12-4-1-5-13-23/h1,4-5,9,12-15,21-22,24-30H,2-3,6-8,10-11,16-19H2/b15-14+,20-9+/t22-,24+,25-,26+,27+/m0/s1. The molecule has 5 atom stereocenters. The Morgan fingerprint density at radius 3 is 2.67 bits per heavy atom. The lowest BCUT2D eigenvalue weighted by molar-refractivity contribution is 0.135. The Labute approximate surface area is 182 Å². The van der Waals surface area contributed by atoms with Crippen LogP contribution in [0.4, 0.5) is 5.69 Å².